The molecule has 0 N–H and O–H groups in total. The summed E-state index contributed by atoms with van der Waals surface area (Å²) in [5.41, 5.74) is 17.6. The molecule has 1 aliphatic rings. The van der Waals surface area contributed by atoms with Gasteiger partial charge in [-0.05, 0) is 93.3 Å². The molecule has 0 amide bonds. The molecule has 0 spiro atoms. The summed E-state index contributed by atoms with van der Waals surface area (Å²) in [7, 11) is 0. The van der Waals surface area contributed by atoms with Crippen molar-refractivity contribution in [1.82, 2.24) is 93.9 Å². The maximum atomic E-state index is 4.87. The van der Waals surface area contributed by atoms with E-state index in [0.29, 0.717) is 17.6 Å². The monoisotopic (exact) mass is 2220 g/mol. The first-order valence-electron chi connectivity index (χ1n) is 36.9. The largest absolute Gasteiger partial charge is 0.318 e. The van der Waals surface area contributed by atoms with Gasteiger partial charge in [0.05, 0.1) is 86.8 Å². The van der Waals surface area contributed by atoms with Crippen LogP contribution in [0.1, 0.15) is 87.4 Å². The van der Waals surface area contributed by atoms with E-state index in [2.05, 4.69) is 183 Å². The van der Waals surface area contributed by atoms with Crippen LogP contribution < -0.4 is 0 Å². The van der Waals surface area contributed by atoms with Gasteiger partial charge in [-0.25, -0.2) is 9.97 Å². The molecule has 0 atom stereocenters. The van der Waals surface area contributed by atoms with Gasteiger partial charge in [0, 0.05) is 151 Å². The molecule has 1 fully saturated rings. The van der Waals surface area contributed by atoms with Gasteiger partial charge in [0.2, 0.25) is 0 Å². The molecule has 0 unspecified atom stereocenters. The Kier molecular flexibility index (Phi) is 29.4. The average Bonchev–Trinajstić information content (AvgIpc) is 1.66. The van der Waals surface area contributed by atoms with Gasteiger partial charge in [-0.1, -0.05) is 131 Å². The van der Waals surface area contributed by atoms with Crippen LogP contribution in [0.3, 0.4) is 0 Å². The van der Waals surface area contributed by atoms with Crippen LogP contribution in [0.2, 0.25) is 0 Å². The molecule has 10 heterocycles. The molecule has 1 aliphatic carbocycles. The van der Waals surface area contributed by atoms with Crippen LogP contribution in [0.5, 0.6) is 0 Å². The molecule has 0 aliphatic heterocycles. The molecule has 18 rings (SSSR count). The Morgan fingerprint density at radius 3 is 1.30 bits per heavy atom. The second-order valence-electron chi connectivity index (χ2n) is 27.5. The molecule has 0 saturated heterocycles. The van der Waals surface area contributed by atoms with Crippen LogP contribution in [-0.4, -0.2) is 93.9 Å². The molecule has 7 aromatic carbocycles. The smallest absolute Gasteiger partial charge is 0.162 e. The summed E-state index contributed by atoms with van der Waals surface area (Å²) >= 11 is 0. The minimum Gasteiger partial charge on any atom is -0.318 e. The van der Waals surface area contributed by atoms with E-state index in [1.165, 1.54) is 32.1 Å². The van der Waals surface area contributed by atoms with E-state index < -0.39 is 0 Å². The fraction of sp³-hybridized carbons (Fsp3) is 0.141. The third kappa shape index (κ3) is 19.2. The third-order valence-electron chi connectivity index (χ3n) is 19.0. The molecule has 23 heteroatoms. The molecule has 19 nitrogen and oxygen atoms in total. The Morgan fingerprint density at radius 1 is 0.330 bits per heavy atom. The average molecular weight is 2220 g/mol. The number of hydrogen-bond donors (Lipinski definition) is 0. The van der Waals surface area contributed by atoms with Crippen LogP contribution in [0, 0.1) is 45.0 Å². The van der Waals surface area contributed by atoms with E-state index in [1.54, 1.807) is 31.1 Å². The summed E-state index contributed by atoms with van der Waals surface area (Å²) in [4.78, 5) is 31.3. The maximum absolute atomic E-state index is 4.87. The molecular formula is C92H77Ir4N19-4. The molecular weight excluding hydrogens is 2140 g/mol. The molecule has 1 saturated carbocycles. The van der Waals surface area contributed by atoms with Crippen LogP contribution >= 0.6 is 0 Å². The first-order chi connectivity index (χ1) is 54.6. The van der Waals surface area contributed by atoms with Gasteiger partial charge in [-0.15, -0.1) is 164 Å². The topological polar surface area (TPSA) is 213 Å². The second kappa shape index (κ2) is 40.0. The van der Waals surface area contributed by atoms with E-state index >= 15 is 0 Å². The zero-order valence-electron chi connectivity index (χ0n) is 63.7. The Bertz CT molecular complexity index is 5810. The first kappa shape index (κ1) is 84.4. The van der Waals surface area contributed by atoms with Crippen molar-refractivity contribution in [1.29, 1.82) is 0 Å². The second-order valence-corrected chi connectivity index (χ2v) is 27.5. The number of hydrogen-bond acceptors (Lipinski definition) is 15. The van der Waals surface area contributed by atoms with Crippen molar-refractivity contribution in [3.8, 4) is 125 Å². The third-order valence-corrected chi connectivity index (χ3v) is 19.0. The van der Waals surface area contributed by atoms with E-state index in [1.807, 2.05) is 233 Å². The maximum Gasteiger partial charge on any atom is 0.162 e. The molecule has 580 valence electrons. The summed E-state index contributed by atoms with van der Waals surface area (Å²) in [6.45, 7) is 12.4. The quantitative estimate of drug-likeness (QED) is 0.0926. The predicted octanol–water partition coefficient (Wildman–Crippen LogP) is 19.3. The van der Waals surface area contributed by atoms with E-state index in [4.69, 9.17) is 4.98 Å². The van der Waals surface area contributed by atoms with Crippen LogP contribution in [0.25, 0.3) is 125 Å². The fourth-order valence-electron chi connectivity index (χ4n) is 13.7. The Morgan fingerprint density at radius 2 is 0.783 bits per heavy atom. The van der Waals surface area contributed by atoms with Gasteiger partial charge >= 0.3 is 0 Å². The van der Waals surface area contributed by atoms with Crippen molar-refractivity contribution in [2.75, 3.05) is 0 Å². The van der Waals surface area contributed by atoms with Gasteiger partial charge < -0.3 is 18.3 Å². The molecule has 115 heavy (non-hydrogen) atoms. The zero-order chi connectivity index (χ0) is 75.9. The standard InChI is InChI=1S/C30H21N6.C26H20N5.C19H19N4.C17H17N4.4Ir/c1-21-26(19-31-20-33-21)30-35-34-29(24-15-9-4-10-16-24)36(30)28-25(22-11-5-2-6-12-22)17-18-32-27(28)23-13-7-3-8-14-23;1-18-15-17-27-19(2)24(18)31-25(21-12-7-4-8-13-21)29-30-26(31)22-14-9-16-28-23(22)20-10-5-3-6-11-20;1-3-8-15(9-4-1)18-21-22-19(16-10-5-2-6-11-16)23(18)17-12-7-13-20-14-17;1-17(2,3)16-20-19-15(13-8-5-4-6-9-13)21(16)14-10-7-11-18-12-14;;;;/h2-15,17-20H,1H3;3-12,14-17H,1-2H3;1,3-4,7-8,12-14,16H,2,5-6,10-11H2;4-8,10-12H,1-3H3;;;;/q4*-1;;;;. The normalized spacial score (nSPS) is 11.6. The number of nitrogens with zero attached hydrogens (tertiary/aromatic N) is 19. The fourth-order valence-corrected chi connectivity index (χ4v) is 13.7. The minimum absolute atomic E-state index is 0. The van der Waals surface area contributed by atoms with E-state index in [-0.39, 0.29) is 85.8 Å². The summed E-state index contributed by atoms with van der Waals surface area (Å²) in [6.07, 6.45) is 22.3. The van der Waals surface area contributed by atoms with E-state index in [9.17, 15) is 0 Å². The number of aryl methyl sites for hydroxylation is 3. The van der Waals surface area contributed by atoms with Crippen LogP contribution in [0.15, 0.2) is 292 Å². The van der Waals surface area contributed by atoms with Crippen molar-refractivity contribution >= 4 is 0 Å². The summed E-state index contributed by atoms with van der Waals surface area (Å²) in [5, 5.41) is 36.4. The summed E-state index contributed by atoms with van der Waals surface area (Å²) in [6, 6.07) is 90.9. The summed E-state index contributed by atoms with van der Waals surface area (Å²) in [5.74, 6) is 6.82. The number of aromatic nitrogens is 19. The molecule has 0 bridgehead atoms. The van der Waals surface area contributed by atoms with Crippen molar-refractivity contribution in [3.05, 3.63) is 345 Å². The SMILES string of the molecule is CC(C)(C)c1nnc(-c2[c-]cccc2)n1-c1cccnc1.Cc1ccnc(C)c1-n1c(-c2[c-]cccc2)nnc1-c1cccnc1-c1ccccc1.Cc1ncncc1-c1nnc(-c2[c-]cccc2)n1-c1c(-c2ccccc2)ccnc1-c1ccccc1.[Ir].[Ir].[Ir].[Ir].[c-]1ccccc1-c1nnc(C2CCCCC2)n1-c1cccnc1. The van der Waals surface area contributed by atoms with Crippen LogP contribution in [-0.2, 0) is 85.8 Å². The molecule has 10 aromatic heterocycles. The van der Waals surface area contributed by atoms with Crippen molar-refractivity contribution < 1.29 is 80.4 Å². The first-order valence-corrected chi connectivity index (χ1v) is 36.9. The van der Waals surface area contributed by atoms with Crippen molar-refractivity contribution in [2.24, 2.45) is 0 Å². The predicted molar refractivity (Wildman–Crippen MR) is 433 cm³/mol. The minimum atomic E-state index is -0.115. The Labute approximate surface area is 723 Å². The van der Waals surface area contributed by atoms with Gasteiger partial charge in [-0.2, -0.15) is 20.4 Å². The van der Waals surface area contributed by atoms with Crippen LogP contribution in [0.4, 0.5) is 0 Å². The summed E-state index contributed by atoms with van der Waals surface area (Å²) < 4.78 is 8.36. The molecule has 17 aromatic rings. The molecule has 4 radical (unpaired) electrons. The number of pyridine rings is 5. The van der Waals surface area contributed by atoms with Crippen molar-refractivity contribution in [2.45, 2.75) is 85.0 Å². The van der Waals surface area contributed by atoms with Gasteiger partial charge in [-0.3, -0.25) is 24.9 Å². The Hall–Kier alpha value is -11.5. The van der Waals surface area contributed by atoms with Gasteiger partial charge in [0.15, 0.2) is 11.6 Å². The number of benzene rings is 7. The van der Waals surface area contributed by atoms with Gasteiger partial charge in [0.25, 0.3) is 0 Å². The zero-order valence-corrected chi connectivity index (χ0v) is 73.2. The van der Waals surface area contributed by atoms with E-state index in [0.717, 1.165) is 142 Å². The number of rotatable bonds is 14. The van der Waals surface area contributed by atoms with Gasteiger partial charge in [0.1, 0.15) is 18.0 Å². The van der Waals surface area contributed by atoms with Crippen molar-refractivity contribution in [3.63, 3.8) is 0 Å². The Balaban J connectivity index is 0.000000152.